The van der Waals surface area contributed by atoms with E-state index in [9.17, 15) is 4.79 Å². The van der Waals surface area contributed by atoms with Crippen LogP contribution in [0.3, 0.4) is 0 Å². The molecule has 6 nitrogen and oxygen atoms in total. The molecule has 0 aliphatic rings. The van der Waals surface area contributed by atoms with E-state index in [1.807, 2.05) is 27.0 Å². The zero-order valence-corrected chi connectivity index (χ0v) is 10.8. The monoisotopic (exact) mass is 247 g/mol. The van der Waals surface area contributed by atoms with E-state index in [1.165, 1.54) is 0 Å². The Morgan fingerprint density at radius 3 is 2.89 bits per heavy atom. The van der Waals surface area contributed by atoms with Crippen LogP contribution in [0, 0.1) is 0 Å². The van der Waals surface area contributed by atoms with Gasteiger partial charge in [0, 0.05) is 24.7 Å². The number of amides is 1. The Morgan fingerprint density at radius 1 is 1.50 bits per heavy atom. The minimum Gasteiger partial charge on any atom is -0.350 e. The Bertz CT molecular complexity index is 582. The van der Waals surface area contributed by atoms with Crippen LogP contribution in [0.2, 0.25) is 0 Å². The van der Waals surface area contributed by atoms with Crippen LogP contribution in [0.4, 0.5) is 0 Å². The van der Waals surface area contributed by atoms with Crippen LogP contribution in [0.15, 0.2) is 18.2 Å². The van der Waals surface area contributed by atoms with E-state index < -0.39 is 5.54 Å². The van der Waals surface area contributed by atoms with Crippen LogP contribution in [-0.2, 0) is 7.05 Å². The SMILES string of the molecule is Cn1nnc2cc(C(=O)NCC(C)(C)N)ccc21. The van der Waals surface area contributed by atoms with Crippen molar-refractivity contribution >= 4 is 16.9 Å². The lowest BCUT2D eigenvalue weighted by molar-refractivity contribution is 0.0946. The number of nitrogens with two attached hydrogens (primary N) is 1. The van der Waals surface area contributed by atoms with Gasteiger partial charge in [0.15, 0.2) is 0 Å². The van der Waals surface area contributed by atoms with Gasteiger partial charge in [0.2, 0.25) is 0 Å². The van der Waals surface area contributed by atoms with Crippen molar-refractivity contribution in [1.82, 2.24) is 20.3 Å². The first-order chi connectivity index (χ1) is 8.37. The second-order valence-corrected chi connectivity index (χ2v) is 5.09. The highest BCUT2D eigenvalue weighted by molar-refractivity contribution is 5.97. The summed E-state index contributed by atoms with van der Waals surface area (Å²) in [5.74, 6) is -0.152. The number of rotatable bonds is 3. The number of benzene rings is 1. The van der Waals surface area contributed by atoms with E-state index in [-0.39, 0.29) is 5.91 Å². The maximum Gasteiger partial charge on any atom is 0.251 e. The summed E-state index contributed by atoms with van der Waals surface area (Å²) in [5, 5.41) is 10.7. The van der Waals surface area contributed by atoms with Crippen LogP contribution in [0.1, 0.15) is 24.2 Å². The third kappa shape index (κ3) is 2.65. The second kappa shape index (κ2) is 4.38. The van der Waals surface area contributed by atoms with E-state index in [0.717, 1.165) is 5.52 Å². The largest absolute Gasteiger partial charge is 0.350 e. The van der Waals surface area contributed by atoms with Gasteiger partial charge in [-0.05, 0) is 32.0 Å². The number of carbonyl (C=O) groups is 1. The molecule has 6 heteroatoms. The van der Waals surface area contributed by atoms with Gasteiger partial charge < -0.3 is 11.1 Å². The molecule has 2 aromatic rings. The predicted octanol–water partition coefficient (Wildman–Crippen LogP) is 0.435. The molecule has 2 rings (SSSR count). The molecular formula is C12H17N5O. The first-order valence-electron chi connectivity index (χ1n) is 5.73. The van der Waals surface area contributed by atoms with Crippen molar-refractivity contribution < 1.29 is 4.79 Å². The fraction of sp³-hybridized carbons (Fsp3) is 0.417. The lowest BCUT2D eigenvalue weighted by atomic mass is 10.1. The van der Waals surface area contributed by atoms with E-state index in [0.29, 0.717) is 17.6 Å². The minimum absolute atomic E-state index is 0.152. The molecule has 0 fully saturated rings. The molecular weight excluding hydrogens is 230 g/mol. The van der Waals surface area contributed by atoms with E-state index in [1.54, 1.807) is 16.8 Å². The van der Waals surface area contributed by atoms with Crippen LogP contribution in [0.25, 0.3) is 11.0 Å². The van der Waals surface area contributed by atoms with Gasteiger partial charge in [-0.2, -0.15) is 0 Å². The summed E-state index contributed by atoms with van der Waals surface area (Å²) in [7, 11) is 1.81. The fourth-order valence-corrected chi connectivity index (χ4v) is 1.59. The molecule has 0 aliphatic heterocycles. The third-order valence-electron chi connectivity index (χ3n) is 2.58. The van der Waals surface area contributed by atoms with Crippen molar-refractivity contribution in [1.29, 1.82) is 0 Å². The normalized spacial score (nSPS) is 11.8. The molecule has 1 amide bonds. The first-order valence-corrected chi connectivity index (χ1v) is 5.73. The summed E-state index contributed by atoms with van der Waals surface area (Å²) in [6.45, 7) is 4.14. The Morgan fingerprint density at radius 2 is 2.22 bits per heavy atom. The van der Waals surface area contributed by atoms with Gasteiger partial charge in [-0.25, -0.2) is 4.68 Å². The van der Waals surface area contributed by atoms with Gasteiger partial charge in [0.05, 0.1) is 5.52 Å². The van der Waals surface area contributed by atoms with E-state index in [4.69, 9.17) is 5.73 Å². The standard InChI is InChI=1S/C12H17N5O/c1-12(2,13)7-14-11(18)8-4-5-10-9(6-8)15-16-17(10)3/h4-6H,7,13H2,1-3H3,(H,14,18). The van der Waals surface area contributed by atoms with Gasteiger partial charge >= 0.3 is 0 Å². The zero-order chi connectivity index (χ0) is 13.3. The number of carbonyl (C=O) groups excluding carboxylic acids is 1. The minimum atomic E-state index is -0.424. The number of nitrogens with zero attached hydrogens (tertiary/aromatic N) is 3. The van der Waals surface area contributed by atoms with E-state index in [2.05, 4.69) is 15.6 Å². The van der Waals surface area contributed by atoms with Gasteiger partial charge in [0.25, 0.3) is 5.91 Å². The Kier molecular flexibility index (Phi) is 3.04. The topological polar surface area (TPSA) is 85.8 Å². The molecule has 0 unspecified atom stereocenters. The van der Waals surface area contributed by atoms with Crippen LogP contribution in [-0.4, -0.2) is 33.0 Å². The number of nitrogens with one attached hydrogen (secondary N) is 1. The Labute approximate surface area is 105 Å². The molecule has 0 saturated carbocycles. The summed E-state index contributed by atoms with van der Waals surface area (Å²) < 4.78 is 1.67. The maximum atomic E-state index is 11.9. The predicted molar refractivity (Wildman–Crippen MR) is 69.1 cm³/mol. The number of aromatic nitrogens is 3. The summed E-state index contributed by atoms with van der Waals surface area (Å²) in [6, 6.07) is 5.31. The molecule has 0 bridgehead atoms. The number of hydrogen-bond acceptors (Lipinski definition) is 4. The van der Waals surface area contributed by atoms with Crippen LogP contribution >= 0.6 is 0 Å². The average Bonchev–Trinajstić information content (AvgIpc) is 2.66. The quantitative estimate of drug-likeness (QED) is 0.823. The van der Waals surface area contributed by atoms with Crippen molar-refractivity contribution in [3.05, 3.63) is 23.8 Å². The van der Waals surface area contributed by atoms with Crippen molar-refractivity contribution in [2.75, 3.05) is 6.54 Å². The number of fused-ring (bicyclic) bond motifs is 1. The molecule has 1 aromatic heterocycles. The van der Waals surface area contributed by atoms with Gasteiger partial charge in [-0.1, -0.05) is 5.21 Å². The fourth-order valence-electron chi connectivity index (χ4n) is 1.59. The number of hydrogen-bond donors (Lipinski definition) is 2. The molecule has 18 heavy (non-hydrogen) atoms. The Balaban J connectivity index is 2.18. The first kappa shape index (κ1) is 12.5. The second-order valence-electron chi connectivity index (χ2n) is 5.09. The van der Waals surface area contributed by atoms with Gasteiger partial charge in [0.1, 0.15) is 5.52 Å². The average molecular weight is 247 g/mol. The smallest absolute Gasteiger partial charge is 0.251 e. The highest BCUT2D eigenvalue weighted by Gasteiger charge is 2.14. The summed E-state index contributed by atoms with van der Waals surface area (Å²) in [5.41, 5.74) is 7.55. The molecule has 1 aromatic carbocycles. The molecule has 1 heterocycles. The molecule has 0 saturated heterocycles. The van der Waals surface area contributed by atoms with Gasteiger partial charge in [-0.3, -0.25) is 4.79 Å². The summed E-state index contributed by atoms with van der Waals surface area (Å²) in [4.78, 5) is 11.9. The molecule has 3 N–H and O–H groups in total. The zero-order valence-electron chi connectivity index (χ0n) is 10.8. The lowest BCUT2D eigenvalue weighted by Gasteiger charge is -2.18. The van der Waals surface area contributed by atoms with E-state index >= 15 is 0 Å². The van der Waals surface area contributed by atoms with Gasteiger partial charge in [-0.15, -0.1) is 5.10 Å². The van der Waals surface area contributed by atoms with Crippen molar-refractivity contribution in [2.24, 2.45) is 12.8 Å². The third-order valence-corrected chi connectivity index (χ3v) is 2.58. The summed E-state index contributed by atoms with van der Waals surface area (Å²) in [6.07, 6.45) is 0. The maximum absolute atomic E-state index is 11.9. The molecule has 0 aliphatic carbocycles. The number of aryl methyl sites for hydroxylation is 1. The van der Waals surface area contributed by atoms with Crippen molar-refractivity contribution in [2.45, 2.75) is 19.4 Å². The van der Waals surface area contributed by atoms with Crippen LogP contribution in [0.5, 0.6) is 0 Å². The Hall–Kier alpha value is -1.95. The highest BCUT2D eigenvalue weighted by atomic mass is 16.1. The lowest BCUT2D eigenvalue weighted by Crippen LogP contribution is -2.45. The molecule has 96 valence electrons. The molecule has 0 spiro atoms. The molecule has 0 radical (unpaired) electrons. The van der Waals surface area contributed by atoms with Crippen molar-refractivity contribution in [3.63, 3.8) is 0 Å². The summed E-state index contributed by atoms with van der Waals surface area (Å²) >= 11 is 0. The highest BCUT2D eigenvalue weighted by Crippen LogP contribution is 2.12. The molecule has 0 atom stereocenters. The van der Waals surface area contributed by atoms with Crippen LogP contribution < -0.4 is 11.1 Å². The van der Waals surface area contributed by atoms with Crippen molar-refractivity contribution in [3.8, 4) is 0 Å².